The first-order valence-corrected chi connectivity index (χ1v) is 15.5. The van der Waals surface area contributed by atoms with E-state index in [9.17, 15) is 8.42 Å². The summed E-state index contributed by atoms with van der Waals surface area (Å²) in [6, 6.07) is -0.129. The average molecular weight is 527 g/mol. The van der Waals surface area contributed by atoms with E-state index in [0.717, 1.165) is 30.3 Å². The Balaban J connectivity index is 0.000000739. The van der Waals surface area contributed by atoms with Crippen molar-refractivity contribution in [3.8, 4) is 0 Å². The molecule has 2 saturated carbocycles. The SMILES string of the molecule is CC(C)N(C(C)C)S(=O)(=O)C[C@@]12CC[C@@H](C[C@]13OC[C@H](C[N+](C)(C)C)O3)C2(C)C.CS(=O)(=O)[O-]. The van der Waals surface area contributed by atoms with Crippen LogP contribution in [-0.4, -0.2) is 100 Å². The van der Waals surface area contributed by atoms with Crippen molar-refractivity contribution in [3.63, 3.8) is 0 Å². The highest BCUT2D eigenvalue weighted by atomic mass is 32.2. The van der Waals surface area contributed by atoms with Gasteiger partial charge in [0.25, 0.3) is 0 Å². The van der Waals surface area contributed by atoms with Crippen LogP contribution in [0.5, 0.6) is 0 Å². The van der Waals surface area contributed by atoms with Crippen molar-refractivity contribution in [2.45, 2.75) is 84.8 Å². The Kier molecular flexibility index (Phi) is 8.39. The molecule has 0 unspecified atom stereocenters. The Bertz CT molecular complexity index is 925. The molecule has 1 spiro atoms. The van der Waals surface area contributed by atoms with Crippen LogP contribution in [0.25, 0.3) is 0 Å². The van der Waals surface area contributed by atoms with Crippen LogP contribution in [0, 0.1) is 16.7 Å². The van der Waals surface area contributed by atoms with Gasteiger partial charge in [-0.15, -0.1) is 0 Å². The third kappa shape index (κ3) is 5.98. The predicted molar refractivity (Wildman–Crippen MR) is 132 cm³/mol. The minimum Gasteiger partial charge on any atom is -0.748 e. The number of fused-ring (bicyclic) bond motifs is 3. The highest BCUT2D eigenvalue weighted by Crippen LogP contribution is 2.72. The standard InChI is InChI=1S/C22H43N2O4S.CH4O3S/c1-16(2)23(17(3)4)29(25,26)15-21-11-10-18(20(21,5)6)12-22(21)27-14-19(28-22)13-24(7,8)9;1-5(2,3)4/h16-19H,10-15H2,1-9H3;1H3,(H,2,3,4)/q+1;/p-1/t18-,19-,21+,22+;/m0./s1. The van der Waals surface area contributed by atoms with Gasteiger partial charge in [-0.05, 0) is 51.9 Å². The van der Waals surface area contributed by atoms with Crippen molar-refractivity contribution >= 4 is 20.1 Å². The fourth-order valence-corrected chi connectivity index (χ4v) is 9.46. The molecule has 0 aromatic rings. The summed E-state index contributed by atoms with van der Waals surface area (Å²) >= 11 is 0. The minimum atomic E-state index is -3.92. The van der Waals surface area contributed by atoms with Crippen LogP contribution in [-0.2, 0) is 29.6 Å². The summed E-state index contributed by atoms with van der Waals surface area (Å²) in [4.78, 5) is 0. The molecule has 0 radical (unpaired) electrons. The lowest BCUT2D eigenvalue weighted by Crippen LogP contribution is -2.57. The second-order valence-electron chi connectivity index (χ2n) is 12.5. The lowest BCUT2D eigenvalue weighted by atomic mass is 9.68. The van der Waals surface area contributed by atoms with E-state index in [1.165, 1.54) is 0 Å². The third-order valence-corrected chi connectivity index (χ3v) is 10.1. The Morgan fingerprint density at radius 2 is 1.56 bits per heavy atom. The molecule has 34 heavy (non-hydrogen) atoms. The molecule has 2 aliphatic carbocycles. The third-order valence-electron chi connectivity index (χ3n) is 7.80. The van der Waals surface area contributed by atoms with Crippen molar-refractivity contribution in [2.24, 2.45) is 16.7 Å². The van der Waals surface area contributed by atoms with E-state index in [0.29, 0.717) is 18.8 Å². The summed E-state index contributed by atoms with van der Waals surface area (Å²) < 4.78 is 70.3. The number of rotatable bonds is 7. The number of nitrogens with zero attached hydrogens (tertiary/aromatic N) is 2. The number of hydrogen-bond acceptors (Lipinski definition) is 7. The fraction of sp³-hybridized carbons (Fsp3) is 1.00. The maximum Gasteiger partial charge on any atom is 0.215 e. The van der Waals surface area contributed by atoms with Crippen LogP contribution in [0.15, 0.2) is 0 Å². The first kappa shape index (κ1) is 29.9. The van der Waals surface area contributed by atoms with Crippen molar-refractivity contribution in [3.05, 3.63) is 0 Å². The molecule has 0 aromatic heterocycles. The molecule has 3 rings (SSSR count). The van der Waals surface area contributed by atoms with Crippen LogP contribution in [0.1, 0.15) is 60.8 Å². The molecule has 9 nitrogen and oxygen atoms in total. The van der Waals surface area contributed by atoms with Gasteiger partial charge in [-0.3, -0.25) is 0 Å². The van der Waals surface area contributed by atoms with Crippen LogP contribution >= 0.6 is 0 Å². The molecule has 11 heteroatoms. The molecule has 4 atom stereocenters. The van der Waals surface area contributed by atoms with Gasteiger partial charge in [-0.2, -0.15) is 4.31 Å². The lowest BCUT2D eigenvalue weighted by Gasteiger charge is -2.48. The summed E-state index contributed by atoms with van der Waals surface area (Å²) in [5.74, 6) is -0.227. The number of hydrogen-bond donors (Lipinski definition) is 0. The Labute approximate surface area is 207 Å². The Morgan fingerprint density at radius 3 is 1.97 bits per heavy atom. The smallest absolute Gasteiger partial charge is 0.215 e. The second kappa shape index (κ2) is 9.54. The van der Waals surface area contributed by atoms with Crippen molar-refractivity contribution < 1.29 is 35.3 Å². The average Bonchev–Trinajstić information content (AvgIpc) is 3.10. The number of likely N-dealkylation sites (N-methyl/N-ethyl adjacent to an activating group) is 1. The monoisotopic (exact) mass is 526 g/mol. The van der Waals surface area contributed by atoms with E-state index in [1.807, 2.05) is 27.7 Å². The van der Waals surface area contributed by atoms with Crippen LogP contribution in [0.3, 0.4) is 0 Å². The first-order chi connectivity index (χ1) is 15.1. The zero-order valence-corrected chi connectivity index (χ0v) is 24.3. The topological polar surface area (TPSA) is 113 Å². The minimum absolute atomic E-state index is 0.0102. The molecule has 1 aliphatic heterocycles. The molecule has 202 valence electrons. The summed E-state index contributed by atoms with van der Waals surface area (Å²) in [6.45, 7) is 13.7. The van der Waals surface area contributed by atoms with Gasteiger partial charge in [-0.1, -0.05) is 13.8 Å². The molecule has 3 fully saturated rings. The molecule has 0 aromatic carbocycles. The van der Waals surface area contributed by atoms with Gasteiger partial charge < -0.3 is 18.5 Å². The van der Waals surface area contributed by atoms with E-state index in [1.54, 1.807) is 4.31 Å². The van der Waals surface area contributed by atoms with Gasteiger partial charge in [0.2, 0.25) is 10.0 Å². The molecule has 3 aliphatic rings. The quantitative estimate of drug-likeness (QED) is 0.369. The van der Waals surface area contributed by atoms with Gasteiger partial charge in [0.05, 0.1) is 43.6 Å². The van der Waals surface area contributed by atoms with Gasteiger partial charge in [0.15, 0.2) is 5.79 Å². The molecule has 0 amide bonds. The summed E-state index contributed by atoms with van der Waals surface area (Å²) in [5.41, 5.74) is -0.643. The normalized spacial score (nSPS) is 33.2. The maximum atomic E-state index is 13.7. The van der Waals surface area contributed by atoms with E-state index in [2.05, 4.69) is 35.0 Å². The van der Waals surface area contributed by atoms with Crippen LogP contribution in [0.4, 0.5) is 0 Å². The largest absolute Gasteiger partial charge is 0.748 e. The molecular weight excluding hydrogens is 480 g/mol. The molecular formula is C23H46N2O7S2. The Hall–Kier alpha value is -0.300. The zero-order valence-electron chi connectivity index (χ0n) is 22.6. The number of sulfonamides is 1. The van der Waals surface area contributed by atoms with E-state index < -0.39 is 31.3 Å². The van der Waals surface area contributed by atoms with Gasteiger partial charge in [-0.25, -0.2) is 16.8 Å². The fourth-order valence-electron chi connectivity index (χ4n) is 6.67. The summed E-state index contributed by atoms with van der Waals surface area (Å²) in [5, 5.41) is 0. The van der Waals surface area contributed by atoms with Gasteiger partial charge >= 0.3 is 0 Å². The highest BCUT2D eigenvalue weighted by molar-refractivity contribution is 7.89. The number of quaternary nitrogens is 1. The van der Waals surface area contributed by atoms with Crippen LogP contribution in [0.2, 0.25) is 0 Å². The molecule has 2 bridgehead atoms. The highest BCUT2D eigenvalue weighted by Gasteiger charge is 2.76. The second-order valence-corrected chi connectivity index (χ2v) is 15.8. The zero-order chi connectivity index (χ0) is 26.5. The van der Waals surface area contributed by atoms with Crippen molar-refractivity contribution in [2.75, 3.05) is 46.3 Å². The lowest BCUT2D eigenvalue weighted by molar-refractivity contribution is -0.873. The van der Waals surface area contributed by atoms with Crippen LogP contribution < -0.4 is 0 Å². The Morgan fingerprint density at radius 1 is 1.06 bits per heavy atom. The summed E-state index contributed by atoms with van der Waals surface area (Å²) in [6.07, 6.45) is 3.33. The predicted octanol–water partition coefficient (Wildman–Crippen LogP) is 2.24. The van der Waals surface area contributed by atoms with Gasteiger partial charge in [0, 0.05) is 30.2 Å². The number of ether oxygens (including phenoxy) is 2. The van der Waals surface area contributed by atoms with E-state index in [-0.39, 0.29) is 29.4 Å². The first-order valence-electron chi connectivity index (χ1n) is 12.1. The molecule has 0 N–H and O–H groups in total. The van der Waals surface area contributed by atoms with Crippen molar-refractivity contribution in [1.82, 2.24) is 4.31 Å². The summed E-state index contributed by atoms with van der Waals surface area (Å²) in [7, 11) is -0.917. The maximum absolute atomic E-state index is 13.7. The molecule has 1 heterocycles. The van der Waals surface area contributed by atoms with E-state index >= 15 is 0 Å². The van der Waals surface area contributed by atoms with Crippen molar-refractivity contribution in [1.29, 1.82) is 0 Å². The molecule has 1 saturated heterocycles. The van der Waals surface area contributed by atoms with E-state index in [4.69, 9.17) is 22.4 Å². The van der Waals surface area contributed by atoms with Gasteiger partial charge in [0.1, 0.15) is 12.6 Å².